The Labute approximate surface area is 172 Å². The van der Waals surface area contributed by atoms with E-state index in [-0.39, 0.29) is 0 Å². The predicted molar refractivity (Wildman–Crippen MR) is 115 cm³/mol. The number of hydrogen-bond donors (Lipinski definition) is 1. The number of aromatic nitrogens is 4. The van der Waals surface area contributed by atoms with Crippen molar-refractivity contribution in [3.05, 3.63) is 71.1 Å². The molecule has 29 heavy (non-hydrogen) atoms. The van der Waals surface area contributed by atoms with Gasteiger partial charge in [0.05, 0.1) is 11.4 Å². The molecule has 1 unspecified atom stereocenters. The summed E-state index contributed by atoms with van der Waals surface area (Å²) in [6.45, 7) is 9.07. The van der Waals surface area contributed by atoms with Crippen molar-refractivity contribution in [1.82, 2.24) is 24.8 Å². The van der Waals surface area contributed by atoms with Crippen molar-refractivity contribution >= 4 is 11.6 Å². The third-order valence-corrected chi connectivity index (χ3v) is 5.31. The van der Waals surface area contributed by atoms with Crippen LogP contribution in [0.5, 0.6) is 0 Å². The van der Waals surface area contributed by atoms with Crippen molar-refractivity contribution in [2.75, 3.05) is 18.4 Å². The maximum atomic E-state index is 4.76. The third kappa shape index (κ3) is 5.15. The second kappa shape index (κ2) is 8.66. The Morgan fingerprint density at radius 2 is 1.90 bits per heavy atom. The van der Waals surface area contributed by atoms with E-state index in [1.54, 1.807) is 0 Å². The Balaban J connectivity index is 1.48. The van der Waals surface area contributed by atoms with Gasteiger partial charge in [-0.3, -0.25) is 9.88 Å². The number of likely N-dealkylation sites (tertiary alicyclic amines) is 1. The summed E-state index contributed by atoms with van der Waals surface area (Å²) in [5.74, 6) is 2.81. The fourth-order valence-corrected chi connectivity index (χ4v) is 3.86. The maximum absolute atomic E-state index is 4.76. The first-order valence-electron chi connectivity index (χ1n) is 10.2. The van der Waals surface area contributed by atoms with Gasteiger partial charge in [-0.1, -0.05) is 6.07 Å². The Morgan fingerprint density at radius 1 is 1.00 bits per heavy atom. The van der Waals surface area contributed by atoms with Crippen molar-refractivity contribution < 1.29 is 0 Å². The molecule has 4 heterocycles. The van der Waals surface area contributed by atoms with Crippen LogP contribution in [-0.4, -0.2) is 37.9 Å². The Kier molecular flexibility index (Phi) is 5.81. The third-order valence-electron chi connectivity index (χ3n) is 5.31. The molecule has 150 valence electrons. The van der Waals surface area contributed by atoms with E-state index >= 15 is 0 Å². The SMILES string of the molecule is Cc1ccc(CN2CCCC(c3cc(Nc4cc(C)ccn4)nc(C)n3)C2)nc1. The number of pyridine rings is 2. The topological polar surface area (TPSA) is 66.8 Å². The highest BCUT2D eigenvalue weighted by Gasteiger charge is 2.23. The molecular formula is C23H28N6. The fraction of sp³-hybridized carbons (Fsp3) is 0.391. The minimum atomic E-state index is 0.405. The molecule has 1 N–H and O–H groups in total. The van der Waals surface area contributed by atoms with Crippen LogP contribution < -0.4 is 5.32 Å². The number of aryl methyl sites for hydroxylation is 3. The molecule has 4 rings (SSSR count). The lowest BCUT2D eigenvalue weighted by atomic mass is 9.94. The van der Waals surface area contributed by atoms with Crippen molar-refractivity contribution in [1.29, 1.82) is 0 Å². The largest absolute Gasteiger partial charge is 0.325 e. The zero-order valence-electron chi connectivity index (χ0n) is 17.4. The van der Waals surface area contributed by atoms with Gasteiger partial charge in [-0.25, -0.2) is 15.0 Å². The van der Waals surface area contributed by atoms with Gasteiger partial charge in [0.1, 0.15) is 17.5 Å². The summed E-state index contributed by atoms with van der Waals surface area (Å²) >= 11 is 0. The molecule has 6 nitrogen and oxygen atoms in total. The second-order valence-corrected chi connectivity index (χ2v) is 7.97. The molecule has 0 radical (unpaired) electrons. The van der Waals surface area contributed by atoms with E-state index in [4.69, 9.17) is 4.98 Å². The summed E-state index contributed by atoms with van der Waals surface area (Å²) in [5, 5.41) is 3.34. The normalized spacial score (nSPS) is 17.3. The highest BCUT2D eigenvalue weighted by molar-refractivity contribution is 5.52. The standard InChI is InChI=1S/C23H28N6/c1-16-8-9-24-22(11-16)28-23-12-21(26-18(3)27-23)19-5-4-10-29(14-19)15-20-7-6-17(2)13-25-20/h6-9,11-13,19H,4-5,10,14-15H2,1-3H3,(H,24,26,27,28). The monoisotopic (exact) mass is 388 g/mol. The first-order valence-corrected chi connectivity index (χ1v) is 10.2. The van der Waals surface area contributed by atoms with Crippen LogP contribution in [0.3, 0.4) is 0 Å². The molecule has 0 aliphatic carbocycles. The van der Waals surface area contributed by atoms with E-state index < -0.39 is 0 Å². The van der Waals surface area contributed by atoms with Gasteiger partial charge in [-0.15, -0.1) is 0 Å². The molecule has 1 saturated heterocycles. The van der Waals surface area contributed by atoms with Gasteiger partial charge in [0.25, 0.3) is 0 Å². The van der Waals surface area contributed by atoms with E-state index in [2.05, 4.69) is 57.2 Å². The molecule has 0 amide bonds. The lowest BCUT2D eigenvalue weighted by molar-refractivity contribution is 0.196. The van der Waals surface area contributed by atoms with Gasteiger partial charge >= 0.3 is 0 Å². The van der Waals surface area contributed by atoms with Crippen LogP contribution in [0.25, 0.3) is 0 Å². The molecule has 3 aromatic rings. The molecule has 0 aromatic carbocycles. The highest BCUT2D eigenvalue weighted by atomic mass is 15.1. The van der Waals surface area contributed by atoms with Gasteiger partial charge in [-0.2, -0.15) is 0 Å². The molecule has 0 saturated carbocycles. The van der Waals surface area contributed by atoms with E-state index in [1.807, 2.05) is 31.5 Å². The molecule has 1 aliphatic rings. The van der Waals surface area contributed by atoms with Crippen molar-refractivity contribution in [3.8, 4) is 0 Å². The molecular weight excluding hydrogens is 360 g/mol. The molecule has 0 bridgehead atoms. The fourth-order valence-electron chi connectivity index (χ4n) is 3.86. The Hall–Kier alpha value is -2.86. The van der Waals surface area contributed by atoms with E-state index in [1.165, 1.54) is 17.5 Å². The van der Waals surface area contributed by atoms with E-state index in [9.17, 15) is 0 Å². The summed E-state index contributed by atoms with van der Waals surface area (Å²) < 4.78 is 0. The van der Waals surface area contributed by atoms with Crippen molar-refractivity contribution in [3.63, 3.8) is 0 Å². The smallest absolute Gasteiger partial charge is 0.135 e. The van der Waals surface area contributed by atoms with Crippen LogP contribution in [0, 0.1) is 20.8 Å². The van der Waals surface area contributed by atoms with Gasteiger partial charge < -0.3 is 5.32 Å². The average molecular weight is 389 g/mol. The second-order valence-electron chi connectivity index (χ2n) is 7.97. The number of anilines is 2. The van der Waals surface area contributed by atoms with Crippen LogP contribution in [0.4, 0.5) is 11.6 Å². The summed E-state index contributed by atoms with van der Waals surface area (Å²) in [6, 6.07) is 10.4. The first kappa shape index (κ1) is 19.5. The van der Waals surface area contributed by atoms with Gasteiger partial charge in [0.15, 0.2) is 0 Å². The van der Waals surface area contributed by atoms with Gasteiger partial charge in [0.2, 0.25) is 0 Å². The van der Waals surface area contributed by atoms with Crippen LogP contribution in [0.2, 0.25) is 0 Å². The van der Waals surface area contributed by atoms with Crippen LogP contribution >= 0.6 is 0 Å². The summed E-state index contributed by atoms with van der Waals surface area (Å²) in [6.07, 6.45) is 6.07. The minimum absolute atomic E-state index is 0.405. The van der Waals surface area contributed by atoms with Crippen LogP contribution in [0.1, 0.15) is 47.1 Å². The molecule has 1 fully saturated rings. The van der Waals surface area contributed by atoms with E-state index in [0.29, 0.717) is 5.92 Å². The number of piperidine rings is 1. The lowest BCUT2D eigenvalue weighted by Gasteiger charge is -2.32. The Morgan fingerprint density at radius 3 is 2.69 bits per heavy atom. The first-order chi connectivity index (χ1) is 14.0. The van der Waals surface area contributed by atoms with Gasteiger partial charge in [0, 0.05) is 37.5 Å². The van der Waals surface area contributed by atoms with Crippen LogP contribution in [0.15, 0.2) is 42.7 Å². The number of rotatable bonds is 5. The molecule has 6 heteroatoms. The quantitative estimate of drug-likeness (QED) is 0.702. The number of nitrogens with zero attached hydrogens (tertiary/aromatic N) is 5. The number of nitrogens with one attached hydrogen (secondary N) is 1. The summed E-state index contributed by atoms with van der Waals surface area (Å²) in [4.78, 5) is 20.8. The zero-order chi connectivity index (χ0) is 20.2. The zero-order valence-corrected chi connectivity index (χ0v) is 17.4. The van der Waals surface area contributed by atoms with E-state index in [0.717, 1.165) is 54.9 Å². The Bertz CT molecular complexity index is 969. The lowest BCUT2D eigenvalue weighted by Crippen LogP contribution is -2.34. The highest BCUT2D eigenvalue weighted by Crippen LogP contribution is 2.28. The molecule has 0 spiro atoms. The predicted octanol–water partition coefficient (Wildman–Crippen LogP) is 4.32. The molecule has 3 aromatic heterocycles. The van der Waals surface area contributed by atoms with Crippen molar-refractivity contribution in [2.45, 2.75) is 46.1 Å². The van der Waals surface area contributed by atoms with Crippen LogP contribution in [-0.2, 0) is 6.54 Å². The molecule has 1 atom stereocenters. The summed E-state index contributed by atoms with van der Waals surface area (Å²) in [7, 11) is 0. The van der Waals surface area contributed by atoms with Gasteiger partial charge in [-0.05, 0) is 69.5 Å². The maximum Gasteiger partial charge on any atom is 0.135 e. The minimum Gasteiger partial charge on any atom is -0.325 e. The number of hydrogen-bond acceptors (Lipinski definition) is 6. The van der Waals surface area contributed by atoms with Crippen molar-refractivity contribution in [2.24, 2.45) is 0 Å². The molecule has 1 aliphatic heterocycles. The average Bonchev–Trinajstić information content (AvgIpc) is 2.70. The summed E-state index contributed by atoms with van der Waals surface area (Å²) in [5.41, 5.74) is 4.60.